The molecule has 2 aromatic carbocycles. The van der Waals surface area contributed by atoms with Gasteiger partial charge in [0.2, 0.25) is 0 Å². The van der Waals surface area contributed by atoms with Gasteiger partial charge in [-0.15, -0.1) is 0 Å². The molecule has 0 bridgehead atoms. The van der Waals surface area contributed by atoms with Gasteiger partial charge >= 0.3 is 0 Å². The molecule has 112 valence electrons. The minimum Gasteiger partial charge on any atom is -0.269 e. The molecule has 0 unspecified atom stereocenters. The minimum absolute atomic E-state index is 0.110. The summed E-state index contributed by atoms with van der Waals surface area (Å²) >= 11 is 0. The van der Waals surface area contributed by atoms with E-state index in [1.54, 1.807) is 30.5 Å². The molecule has 1 aliphatic rings. The van der Waals surface area contributed by atoms with Crippen molar-refractivity contribution in [2.75, 3.05) is 0 Å². The van der Waals surface area contributed by atoms with Gasteiger partial charge in [0, 0.05) is 0 Å². The quantitative estimate of drug-likeness (QED) is 0.695. The van der Waals surface area contributed by atoms with Crippen LogP contribution in [-0.4, -0.2) is 31.7 Å². The lowest BCUT2D eigenvalue weighted by atomic mass is 10.1. The highest BCUT2D eigenvalue weighted by Crippen LogP contribution is 2.23. The van der Waals surface area contributed by atoms with E-state index >= 15 is 0 Å². The highest BCUT2D eigenvalue weighted by molar-refractivity contribution is 6.21. The number of imide groups is 1. The molecular formula is C17H12N4O2. The highest BCUT2D eigenvalue weighted by Gasteiger charge is 2.35. The van der Waals surface area contributed by atoms with Crippen LogP contribution in [0.25, 0.3) is 5.69 Å². The third-order valence-corrected chi connectivity index (χ3v) is 3.72. The Morgan fingerprint density at radius 1 is 0.826 bits per heavy atom. The number of fused-ring (bicyclic) bond motifs is 1. The van der Waals surface area contributed by atoms with Crippen molar-refractivity contribution < 1.29 is 9.59 Å². The lowest BCUT2D eigenvalue weighted by Crippen LogP contribution is -2.29. The van der Waals surface area contributed by atoms with Crippen molar-refractivity contribution in [3.63, 3.8) is 0 Å². The van der Waals surface area contributed by atoms with E-state index in [1.807, 2.05) is 30.3 Å². The normalized spacial score (nSPS) is 13.5. The first-order valence-corrected chi connectivity index (χ1v) is 7.16. The van der Waals surface area contributed by atoms with Crippen LogP contribution in [-0.2, 0) is 6.54 Å². The number of amides is 2. The molecule has 1 aliphatic heterocycles. The van der Waals surface area contributed by atoms with Crippen molar-refractivity contribution >= 4 is 11.8 Å². The monoisotopic (exact) mass is 304 g/mol. The fourth-order valence-corrected chi connectivity index (χ4v) is 2.60. The maximum atomic E-state index is 12.3. The predicted molar refractivity (Wildman–Crippen MR) is 82.0 cm³/mol. The fourth-order valence-electron chi connectivity index (χ4n) is 2.60. The first kappa shape index (κ1) is 13.4. The summed E-state index contributed by atoms with van der Waals surface area (Å²) in [7, 11) is 0. The molecule has 1 aromatic heterocycles. The number of rotatable bonds is 3. The van der Waals surface area contributed by atoms with Gasteiger partial charge in [0.25, 0.3) is 11.8 Å². The molecule has 2 amide bonds. The largest absolute Gasteiger partial charge is 0.269 e. The number of carbonyl (C=O) groups is 2. The van der Waals surface area contributed by atoms with E-state index in [1.165, 1.54) is 9.70 Å². The first-order chi connectivity index (χ1) is 11.2. The van der Waals surface area contributed by atoms with Crippen LogP contribution in [0.3, 0.4) is 0 Å². The van der Waals surface area contributed by atoms with Gasteiger partial charge in [0.1, 0.15) is 5.69 Å². The standard InChI is InChI=1S/C17H12N4O2/c22-16-14-8-4-5-9-15(14)17(23)20(16)11-12-10-18-21(19-12)13-6-2-1-3-7-13/h1-10H,11H2. The van der Waals surface area contributed by atoms with Gasteiger partial charge < -0.3 is 0 Å². The van der Waals surface area contributed by atoms with Gasteiger partial charge in [0.15, 0.2) is 0 Å². The van der Waals surface area contributed by atoms with E-state index in [0.717, 1.165) is 5.69 Å². The van der Waals surface area contributed by atoms with Crippen molar-refractivity contribution in [3.05, 3.63) is 77.6 Å². The number of hydrogen-bond acceptors (Lipinski definition) is 4. The zero-order chi connectivity index (χ0) is 15.8. The van der Waals surface area contributed by atoms with E-state index in [4.69, 9.17) is 0 Å². The first-order valence-electron chi connectivity index (χ1n) is 7.16. The van der Waals surface area contributed by atoms with Crippen molar-refractivity contribution in [3.8, 4) is 5.69 Å². The Bertz CT molecular complexity index is 867. The molecule has 0 atom stereocenters. The van der Waals surface area contributed by atoms with Gasteiger partial charge in [-0.05, 0) is 24.3 Å². The van der Waals surface area contributed by atoms with Crippen LogP contribution in [0.5, 0.6) is 0 Å². The molecule has 0 radical (unpaired) electrons. The van der Waals surface area contributed by atoms with Crippen LogP contribution in [0.15, 0.2) is 60.8 Å². The molecule has 0 spiro atoms. The average Bonchev–Trinajstić information content (AvgIpc) is 3.16. The Morgan fingerprint density at radius 2 is 1.43 bits per heavy atom. The molecule has 0 saturated heterocycles. The summed E-state index contributed by atoms with van der Waals surface area (Å²) in [6.45, 7) is 0.110. The van der Waals surface area contributed by atoms with E-state index < -0.39 is 0 Å². The Balaban J connectivity index is 1.60. The second kappa shape index (κ2) is 5.17. The van der Waals surface area contributed by atoms with E-state index in [2.05, 4.69) is 10.2 Å². The summed E-state index contributed by atoms with van der Waals surface area (Å²) in [6, 6.07) is 16.3. The summed E-state index contributed by atoms with van der Waals surface area (Å²) in [5, 5.41) is 8.52. The second-order valence-corrected chi connectivity index (χ2v) is 5.20. The topological polar surface area (TPSA) is 68.1 Å². The third-order valence-electron chi connectivity index (χ3n) is 3.72. The molecule has 0 aliphatic carbocycles. The van der Waals surface area contributed by atoms with Gasteiger partial charge in [0.05, 0.1) is 29.6 Å². The maximum absolute atomic E-state index is 12.3. The second-order valence-electron chi connectivity index (χ2n) is 5.20. The number of benzene rings is 2. The van der Waals surface area contributed by atoms with Crippen LogP contribution in [0.4, 0.5) is 0 Å². The zero-order valence-corrected chi connectivity index (χ0v) is 12.1. The third kappa shape index (κ3) is 2.20. The maximum Gasteiger partial charge on any atom is 0.261 e. The van der Waals surface area contributed by atoms with Crippen molar-refractivity contribution in [2.24, 2.45) is 0 Å². The van der Waals surface area contributed by atoms with Crippen LogP contribution in [0.2, 0.25) is 0 Å². The smallest absolute Gasteiger partial charge is 0.261 e. The molecule has 2 heterocycles. The predicted octanol–water partition coefficient (Wildman–Crippen LogP) is 2.06. The molecule has 4 rings (SSSR count). The van der Waals surface area contributed by atoms with Gasteiger partial charge in [-0.25, -0.2) is 0 Å². The van der Waals surface area contributed by atoms with Crippen LogP contribution in [0, 0.1) is 0 Å². The highest BCUT2D eigenvalue weighted by atomic mass is 16.2. The molecule has 6 heteroatoms. The lowest BCUT2D eigenvalue weighted by Gasteiger charge is -2.11. The number of para-hydroxylation sites is 1. The molecule has 0 fully saturated rings. The molecule has 0 saturated carbocycles. The lowest BCUT2D eigenvalue weighted by molar-refractivity contribution is 0.0640. The zero-order valence-electron chi connectivity index (χ0n) is 12.1. The number of carbonyl (C=O) groups excluding carboxylic acids is 2. The van der Waals surface area contributed by atoms with Crippen molar-refractivity contribution in [1.29, 1.82) is 0 Å². The Kier molecular flexibility index (Phi) is 3.01. The number of aromatic nitrogens is 3. The average molecular weight is 304 g/mol. The molecule has 23 heavy (non-hydrogen) atoms. The Morgan fingerprint density at radius 3 is 2.09 bits per heavy atom. The van der Waals surface area contributed by atoms with Crippen molar-refractivity contribution in [2.45, 2.75) is 6.54 Å². The summed E-state index contributed by atoms with van der Waals surface area (Å²) < 4.78 is 0. The Labute approximate surface area is 132 Å². The molecule has 0 N–H and O–H groups in total. The number of hydrogen-bond donors (Lipinski definition) is 0. The van der Waals surface area contributed by atoms with Crippen molar-refractivity contribution in [1.82, 2.24) is 19.9 Å². The van der Waals surface area contributed by atoms with E-state index in [9.17, 15) is 9.59 Å². The van der Waals surface area contributed by atoms with E-state index in [0.29, 0.717) is 16.8 Å². The van der Waals surface area contributed by atoms with E-state index in [-0.39, 0.29) is 18.4 Å². The molecule has 3 aromatic rings. The van der Waals surface area contributed by atoms with Gasteiger partial charge in [-0.1, -0.05) is 30.3 Å². The molecular weight excluding hydrogens is 292 g/mol. The molecule has 6 nitrogen and oxygen atoms in total. The summed E-state index contributed by atoms with van der Waals surface area (Å²) in [5.41, 5.74) is 2.25. The number of nitrogens with zero attached hydrogens (tertiary/aromatic N) is 4. The Hall–Kier alpha value is -3.28. The van der Waals surface area contributed by atoms with Crippen LogP contribution < -0.4 is 0 Å². The van der Waals surface area contributed by atoms with Crippen LogP contribution in [0.1, 0.15) is 26.4 Å². The SMILES string of the molecule is O=C1c2ccccc2C(=O)N1Cc1cnn(-c2ccccc2)n1. The van der Waals surface area contributed by atoms with Gasteiger partial charge in [-0.2, -0.15) is 15.0 Å². The minimum atomic E-state index is -0.292. The summed E-state index contributed by atoms with van der Waals surface area (Å²) in [6.07, 6.45) is 1.57. The summed E-state index contributed by atoms with van der Waals surface area (Å²) in [4.78, 5) is 27.4. The van der Waals surface area contributed by atoms with Gasteiger partial charge in [-0.3, -0.25) is 14.5 Å². The van der Waals surface area contributed by atoms with Crippen LogP contribution >= 0.6 is 0 Å². The fraction of sp³-hybridized carbons (Fsp3) is 0.0588. The summed E-state index contributed by atoms with van der Waals surface area (Å²) in [5.74, 6) is -0.584.